The zero-order valence-electron chi connectivity index (χ0n) is 17.5. The molecule has 0 spiro atoms. The highest BCUT2D eigenvalue weighted by molar-refractivity contribution is 9.10. The maximum absolute atomic E-state index is 12.3. The van der Waals surface area contributed by atoms with E-state index in [1.54, 1.807) is 0 Å². The third kappa shape index (κ3) is 5.64. The fourth-order valence-corrected chi connectivity index (χ4v) is 4.07. The molecule has 1 amide bonds. The molecule has 0 bridgehead atoms. The minimum atomic E-state index is -0.0829. The second-order valence-corrected chi connectivity index (χ2v) is 8.80. The van der Waals surface area contributed by atoms with Gasteiger partial charge in [0.1, 0.15) is 12.4 Å². The molecular formula is C22H25BrN4O2S. The van der Waals surface area contributed by atoms with E-state index in [-0.39, 0.29) is 11.7 Å². The van der Waals surface area contributed by atoms with Gasteiger partial charge in [-0.2, -0.15) is 0 Å². The average molecular weight is 489 g/mol. The summed E-state index contributed by atoms with van der Waals surface area (Å²) < 4.78 is 8.94. The molecule has 0 radical (unpaired) electrons. The number of rotatable bonds is 8. The molecule has 0 aliphatic carbocycles. The molecule has 1 heterocycles. The van der Waals surface area contributed by atoms with Crippen molar-refractivity contribution < 1.29 is 9.53 Å². The molecule has 158 valence electrons. The molecule has 0 atom stereocenters. The predicted octanol–water partition coefficient (Wildman–Crippen LogP) is 5.30. The first-order valence-corrected chi connectivity index (χ1v) is 11.5. The van der Waals surface area contributed by atoms with Gasteiger partial charge in [0.05, 0.1) is 5.75 Å². The van der Waals surface area contributed by atoms with Crippen molar-refractivity contribution in [2.75, 3.05) is 11.1 Å². The highest BCUT2D eigenvalue weighted by Gasteiger charge is 2.14. The van der Waals surface area contributed by atoms with Gasteiger partial charge in [-0.05, 0) is 63.1 Å². The van der Waals surface area contributed by atoms with Crippen molar-refractivity contribution in [2.24, 2.45) is 0 Å². The number of hydrogen-bond donors (Lipinski definition) is 1. The number of benzene rings is 2. The number of hydrogen-bond acceptors (Lipinski definition) is 5. The molecule has 0 aliphatic heterocycles. The number of ether oxygens (including phenoxy) is 1. The SMILES string of the molecule is CCn1c(COc2ccc(C)cc2C)nnc1SCC(=O)Nc1ccc(Br)c(C)c1. The summed E-state index contributed by atoms with van der Waals surface area (Å²) in [6.07, 6.45) is 0. The number of anilines is 1. The molecule has 30 heavy (non-hydrogen) atoms. The molecule has 0 saturated carbocycles. The molecule has 8 heteroatoms. The van der Waals surface area contributed by atoms with Crippen LogP contribution in [0.3, 0.4) is 0 Å². The number of aromatic nitrogens is 3. The molecular weight excluding hydrogens is 464 g/mol. The average Bonchev–Trinajstić information content (AvgIpc) is 3.10. The van der Waals surface area contributed by atoms with Gasteiger partial charge >= 0.3 is 0 Å². The number of carbonyl (C=O) groups excluding carboxylic acids is 1. The minimum Gasteiger partial charge on any atom is -0.485 e. The number of nitrogens with zero attached hydrogens (tertiary/aromatic N) is 3. The Labute approximate surface area is 189 Å². The summed E-state index contributed by atoms with van der Waals surface area (Å²) in [4.78, 5) is 12.3. The van der Waals surface area contributed by atoms with Gasteiger partial charge in [-0.1, -0.05) is 45.4 Å². The summed E-state index contributed by atoms with van der Waals surface area (Å²) in [5.41, 5.74) is 4.14. The van der Waals surface area contributed by atoms with E-state index in [0.29, 0.717) is 18.3 Å². The largest absolute Gasteiger partial charge is 0.485 e. The van der Waals surface area contributed by atoms with Crippen LogP contribution >= 0.6 is 27.7 Å². The Hall–Kier alpha value is -2.32. The van der Waals surface area contributed by atoms with Gasteiger partial charge in [0.2, 0.25) is 5.91 Å². The Bertz CT molecular complexity index is 1050. The topological polar surface area (TPSA) is 69.0 Å². The molecule has 0 fully saturated rings. The van der Waals surface area contributed by atoms with Crippen LogP contribution in [0.25, 0.3) is 0 Å². The van der Waals surface area contributed by atoms with Gasteiger partial charge in [0.15, 0.2) is 11.0 Å². The van der Waals surface area contributed by atoms with Gasteiger partial charge in [-0.15, -0.1) is 10.2 Å². The Morgan fingerprint density at radius 2 is 1.93 bits per heavy atom. The van der Waals surface area contributed by atoms with Gasteiger partial charge in [0, 0.05) is 16.7 Å². The van der Waals surface area contributed by atoms with Crippen LogP contribution in [0.4, 0.5) is 5.69 Å². The fraction of sp³-hybridized carbons (Fsp3) is 0.318. The third-order valence-electron chi connectivity index (χ3n) is 4.57. The fourth-order valence-electron chi connectivity index (χ4n) is 3.00. The highest BCUT2D eigenvalue weighted by Crippen LogP contribution is 2.23. The molecule has 6 nitrogen and oxygen atoms in total. The maximum Gasteiger partial charge on any atom is 0.234 e. The Morgan fingerprint density at radius 1 is 1.13 bits per heavy atom. The van der Waals surface area contributed by atoms with Gasteiger partial charge < -0.3 is 14.6 Å². The van der Waals surface area contributed by atoms with E-state index >= 15 is 0 Å². The molecule has 1 N–H and O–H groups in total. The van der Waals surface area contributed by atoms with Crippen LogP contribution in [0.15, 0.2) is 46.0 Å². The molecule has 0 saturated heterocycles. The first-order valence-electron chi connectivity index (χ1n) is 9.68. The van der Waals surface area contributed by atoms with E-state index in [4.69, 9.17) is 4.74 Å². The monoisotopic (exact) mass is 488 g/mol. The van der Waals surface area contributed by atoms with Crippen molar-refractivity contribution >= 4 is 39.3 Å². The quantitative estimate of drug-likeness (QED) is 0.435. The summed E-state index contributed by atoms with van der Waals surface area (Å²) in [5.74, 6) is 1.75. The standard InChI is InChI=1S/C22H25BrN4O2S/c1-5-27-20(12-29-19-9-6-14(2)10-16(19)4)25-26-22(27)30-13-21(28)24-17-7-8-18(23)15(3)11-17/h6-11H,5,12-13H2,1-4H3,(H,24,28). The zero-order chi connectivity index (χ0) is 21.7. The van der Waals surface area contributed by atoms with E-state index < -0.39 is 0 Å². The number of nitrogens with one attached hydrogen (secondary N) is 1. The lowest BCUT2D eigenvalue weighted by atomic mass is 10.1. The molecule has 3 aromatic rings. The van der Waals surface area contributed by atoms with Gasteiger partial charge in [0.25, 0.3) is 0 Å². The van der Waals surface area contributed by atoms with E-state index in [1.165, 1.54) is 17.3 Å². The van der Waals surface area contributed by atoms with Crippen LogP contribution < -0.4 is 10.1 Å². The van der Waals surface area contributed by atoms with Crippen LogP contribution in [0, 0.1) is 20.8 Å². The molecule has 2 aromatic carbocycles. The third-order valence-corrected chi connectivity index (χ3v) is 6.43. The van der Waals surface area contributed by atoms with E-state index in [1.807, 2.05) is 55.7 Å². The van der Waals surface area contributed by atoms with Crippen molar-refractivity contribution in [3.05, 3.63) is 63.4 Å². The van der Waals surface area contributed by atoms with Gasteiger partial charge in [-0.25, -0.2) is 0 Å². The Kier molecular flexibility index (Phi) is 7.55. The number of aryl methyl sites for hydroxylation is 3. The summed E-state index contributed by atoms with van der Waals surface area (Å²) >= 11 is 4.83. The summed E-state index contributed by atoms with van der Waals surface area (Å²) in [6, 6.07) is 11.8. The summed E-state index contributed by atoms with van der Waals surface area (Å²) in [6.45, 7) is 9.13. The minimum absolute atomic E-state index is 0.0829. The van der Waals surface area contributed by atoms with Crippen molar-refractivity contribution in [3.63, 3.8) is 0 Å². The maximum atomic E-state index is 12.3. The molecule has 3 rings (SSSR count). The van der Waals surface area contributed by atoms with E-state index in [9.17, 15) is 4.79 Å². The molecule has 1 aromatic heterocycles. The lowest BCUT2D eigenvalue weighted by Gasteiger charge is -2.11. The zero-order valence-corrected chi connectivity index (χ0v) is 19.9. The molecule has 0 aliphatic rings. The smallest absolute Gasteiger partial charge is 0.234 e. The second-order valence-electron chi connectivity index (χ2n) is 7.00. The van der Waals surface area contributed by atoms with Crippen LogP contribution in [-0.2, 0) is 17.9 Å². The summed E-state index contributed by atoms with van der Waals surface area (Å²) in [7, 11) is 0. The highest BCUT2D eigenvalue weighted by atomic mass is 79.9. The number of halogens is 1. The first kappa shape index (κ1) is 22.4. The van der Waals surface area contributed by atoms with Crippen molar-refractivity contribution in [1.82, 2.24) is 14.8 Å². The number of thioether (sulfide) groups is 1. The van der Waals surface area contributed by atoms with Gasteiger partial charge in [-0.3, -0.25) is 4.79 Å². The van der Waals surface area contributed by atoms with E-state index in [0.717, 1.165) is 32.9 Å². The van der Waals surface area contributed by atoms with Crippen molar-refractivity contribution in [1.29, 1.82) is 0 Å². The predicted molar refractivity (Wildman–Crippen MR) is 124 cm³/mol. The second kappa shape index (κ2) is 10.1. The lowest BCUT2D eigenvalue weighted by molar-refractivity contribution is -0.113. The van der Waals surface area contributed by atoms with Crippen LogP contribution in [0.1, 0.15) is 29.4 Å². The normalized spacial score (nSPS) is 10.8. The van der Waals surface area contributed by atoms with Crippen LogP contribution in [0.2, 0.25) is 0 Å². The summed E-state index contributed by atoms with van der Waals surface area (Å²) in [5, 5.41) is 12.1. The number of amides is 1. The van der Waals surface area contributed by atoms with Crippen molar-refractivity contribution in [2.45, 2.75) is 46.0 Å². The van der Waals surface area contributed by atoms with Crippen LogP contribution in [-0.4, -0.2) is 26.4 Å². The Morgan fingerprint density at radius 3 is 2.63 bits per heavy atom. The first-order chi connectivity index (χ1) is 14.4. The van der Waals surface area contributed by atoms with Crippen LogP contribution in [0.5, 0.6) is 5.75 Å². The molecule has 0 unspecified atom stereocenters. The number of carbonyl (C=O) groups is 1. The van der Waals surface area contributed by atoms with Crippen molar-refractivity contribution in [3.8, 4) is 5.75 Å². The van der Waals surface area contributed by atoms with E-state index in [2.05, 4.69) is 44.4 Å². The Balaban J connectivity index is 1.59. The lowest BCUT2D eigenvalue weighted by Crippen LogP contribution is -2.15.